The molecule has 0 spiro atoms. The Kier molecular flexibility index (Phi) is 6.76. The fourth-order valence-corrected chi connectivity index (χ4v) is 0. The van der Waals surface area contributed by atoms with Crippen molar-refractivity contribution in [3.63, 3.8) is 0 Å². The van der Waals surface area contributed by atoms with E-state index in [0.717, 1.165) is 20.5 Å². The molecule has 52 valence electrons. The quantitative estimate of drug-likeness (QED) is 0.487. The van der Waals surface area contributed by atoms with Gasteiger partial charge in [-0.05, 0) is 0 Å². The van der Waals surface area contributed by atoms with Gasteiger partial charge in [0.15, 0.2) is 0 Å². The summed E-state index contributed by atoms with van der Waals surface area (Å²) >= 11 is 0. The SMILES string of the molecule is CO.COS(C)(=O)=O. The summed E-state index contributed by atoms with van der Waals surface area (Å²) in [7, 11) is -1.04. The van der Waals surface area contributed by atoms with Crippen molar-refractivity contribution in [2.75, 3.05) is 20.5 Å². The molecule has 0 aliphatic rings. The van der Waals surface area contributed by atoms with Crippen molar-refractivity contribution in [2.45, 2.75) is 0 Å². The van der Waals surface area contributed by atoms with E-state index in [1.54, 1.807) is 0 Å². The molecule has 0 bridgehead atoms. The fourth-order valence-electron chi connectivity index (χ4n) is 0. The van der Waals surface area contributed by atoms with Crippen LogP contribution in [0.15, 0.2) is 0 Å². The third-order valence-electron chi connectivity index (χ3n) is 0.303. The molecule has 0 aliphatic heterocycles. The molecule has 0 rings (SSSR count). The van der Waals surface area contributed by atoms with E-state index in [1.165, 1.54) is 0 Å². The lowest BCUT2D eigenvalue weighted by Crippen LogP contribution is -1.95. The highest BCUT2D eigenvalue weighted by Crippen LogP contribution is 1.75. The number of aliphatic hydroxyl groups is 1. The zero-order chi connectivity index (χ0) is 7.21. The fraction of sp³-hybridized carbons (Fsp3) is 1.00. The zero-order valence-electron chi connectivity index (χ0n) is 5.08. The van der Waals surface area contributed by atoms with Crippen LogP contribution in [0.4, 0.5) is 0 Å². The van der Waals surface area contributed by atoms with Crippen molar-refractivity contribution in [3.05, 3.63) is 0 Å². The van der Waals surface area contributed by atoms with Crippen LogP contribution in [-0.2, 0) is 14.3 Å². The lowest BCUT2D eigenvalue weighted by atomic mass is 11.8. The lowest BCUT2D eigenvalue weighted by Gasteiger charge is -1.84. The Bertz CT molecular complexity index is 113. The molecule has 0 heterocycles. The maximum absolute atomic E-state index is 9.78. The molecular weight excluding hydrogens is 132 g/mol. The van der Waals surface area contributed by atoms with E-state index < -0.39 is 10.1 Å². The van der Waals surface area contributed by atoms with Gasteiger partial charge in [0.2, 0.25) is 0 Å². The second-order valence-electron chi connectivity index (χ2n) is 0.871. The molecule has 0 amide bonds. The molecule has 0 saturated carbocycles. The molecule has 0 radical (unpaired) electrons. The summed E-state index contributed by atoms with van der Waals surface area (Å²) in [6, 6.07) is 0. The third-order valence-corrected chi connectivity index (χ3v) is 0.908. The molecule has 0 aromatic heterocycles. The average Bonchev–Trinajstić information content (AvgIpc) is 1.71. The molecule has 4 nitrogen and oxygen atoms in total. The average molecular weight is 142 g/mol. The van der Waals surface area contributed by atoms with Crippen molar-refractivity contribution in [2.24, 2.45) is 0 Å². The van der Waals surface area contributed by atoms with Gasteiger partial charge in [-0.2, -0.15) is 8.42 Å². The molecule has 0 aliphatic carbocycles. The van der Waals surface area contributed by atoms with Gasteiger partial charge < -0.3 is 5.11 Å². The van der Waals surface area contributed by atoms with Crippen LogP contribution in [0.2, 0.25) is 0 Å². The normalized spacial score (nSPS) is 9.50. The predicted octanol–water partition coefficient (Wildman–Crippen LogP) is -0.799. The molecule has 0 aromatic rings. The van der Waals surface area contributed by atoms with Crippen LogP contribution in [-0.4, -0.2) is 34.0 Å². The first-order chi connectivity index (χ1) is 3.56. The van der Waals surface area contributed by atoms with Crippen LogP contribution in [0.1, 0.15) is 0 Å². The summed E-state index contributed by atoms with van der Waals surface area (Å²) in [4.78, 5) is 0. The van der Waals surface area contributed by atoms with Gasteiger partial charge in [0.25, 0.3) is 10.1 Å². The van der Waals surface area contributed by atoms with Crippen LogP contribution in [0, 0.1) is 0 Å². The Hall–Kier alpha value is -0.130. The van der Waals surface area contributed by atoms with Crippen molar-refractivity contribution < 1.29 is 17.7 Å². The van der Waals surface area contributed by atoms with E-state index in [4.69, 9.17) is 5.11 Å². The molecule has 0 fully saturated rings. The number of hydrogen-bond donors (Lipinski definition) is 1. The van der Waals surface area contributed by atoms with Crippen molar-refractivity contribution >= 4 is 10.1 Å². The maximum Gasteiger partial charge on any atom is 0.264 e. The number of aliphatic hydroxyl groups excluding tert-OH is 1. The number of rotatable bonds is 1. The van der Waals surface area contributed by atoms with Crippen molar-refractivity contribution in [3.8, 4) is 0 Å². The standard InChI is InChI=1S/C2H6O3S.CH4O/c1-5-6(2,3)4;1-2/h1-2H3;2H,1H3. The molecule has 0 atom stereocenters. The Balaban J connectivity index is 0. The van der Waals surface area contributed by atoms with E-state index >= 15 is 0 Å². The highest BCUT2D eigenvalue weighted by molar-refractivity contribution is 7.85. The van der Waals surface area contributed by atoms with Gasteiger partial charge in [-0.25, -0.2) is 0 Å². The van der Waals surface area contributed by atoms with Crippen molar-refractivity contribution in [1.29, 1.82) is 0 Å². The van der Waals surface area contributed by atoms with E-state index in [2.05, 4.69) is 4.18 Å². The Morgan fingerprint density at radius 2 is 1.50 bits per heavy atom. The highest BCUT2D eigenvalue weighted by Gasteiger charge is 1.90. The Morgan fingerprint density at radius 1 is 1.38 bits per heavy atom. The van der Waals surface area contributed by atoms with Crippen LogP contribution in [0.25, 0.3) is 0 Å². The minimum Gasteiger partial charge on any atom is -0.400 e. The van der Waals surface area contributed by atoms with Gasteiger partial charge in [0.05, 0.1) is 13.4 Å². The van der Waals surface area contributed by atoms with Gasteiger partial charge in [0.1, 0.15) is 0 Å². The van der Waals surface area contributed by atoms with Crippen LogP contribution in [0.5, 0.6) is 0 Å². The Morgan fingerprint density at radius 3 is 1.50 bits per heavy atom. The predicted molar refractivity (Wildman–Crippen MR) is 30.0 cm³/mol. The van der Waals surface area contributed by atoms with E-state index in [-0.39, 0.29) is 0 Å². The highest BCUT2D eigenvalue weighted by atomic mass is 32.2. The Labute approximate surface area is 49.2 Å². The summed E-state index contributed by atoms with van der Waals surface area (Å²) in [5.74, 6) is 0. The van der Waals surface area contributed by atoms with E-state index in [1.807, 2.05) is 0 Å². The molecular formula is C3H10O4S. The van der Waals surface area contributed by atoms with Crippen molar-refractivity contribution in [1.82, 2.24) is 0 Å². The second kappa shape index (κ2) is 5.02. The molecule has 0 saturated heterocycles. The van der Waals surface area contributed by atoms with Gasteiger partial charge in [0, 0.05) is 7.11 Å². The van der Waals surface area contributed by atoms with E-state index in [0.29, 0.717) is 0 Å². The van der Waals surface area contributed by atoms with Gasteiger partial charge in [-0.3, -0.25) is 4.18 Å². The minimum absolute atomic E-state index is 0.993. The molecule has 0 aromatic carbocycles. The van der Waals surface area contributed by atoms with Crippen LogP contribution in [0.3, 0.4) is 0 Å². The second-order valence-corrected chi connectivity index (χ2v) is 2.61. The topological polar surface area (TPSA) is 63.6 Å². The summed E-state index contributed by atoms with van der Waals surface area (Å²) in [5, 5.41) is 7.00. The summed E-state index contributed by atoms with van der Waals surface area (Å²) < 4.78 is 23.5. The molecule has 5 heteroatoms. The smallest absolute Gasteiger partial charge is 0.264 e. The first-order valence-electron chi connectivity index (χ1n) is 1.76. The summed E-state index contributed by atoms with van der Waals surface area (Å²) in [6.45, 7) is 0. The maximum atomic E-state index is 9.78. The third kappa shape index (κ3) is 16.9. The zero-order valence-corrected chi connectivity index (χ0v) is 5.90. The lowest BCUT2D eigenvalue weighted by molar-refractivity contribution is 0.399. The van der Waals surface area contributed by atoms with Crippen LogP contribution >= 0.6 is 0 Å². The first kappa shape index (κ1) is 10.8. The minimum atomic E-state index is -3.16. The van der Waals surface area contributed by atoms with Gasteiger partial charge in [-0.15, -0.1) is 0 Å². The largest absolute Gasteiger partial charge is 0.400 e. The van der Waals surface area contributed by atoms with Crippen LogP contribution < -0.4 is 0 Å². The molecule has 8 heavy (non-hydrogen) atoms. The number of hydrogen-bond acceptors (Lipinski definition) is 4. The molecule has 0 unspecified atom stereocenters. The van der Waals surface area contributed by atoms with Gasteiger partial charge in [-0.1, -0.05) is 0 Å². The monoisotopic (exact) mass is 142 g/mol. The summed E-state index contributed by atoms with van der Waals surface area (Å²) in [6.07, 6.45) is 0.993. The summed E-state index contributed by atoms with van der Waals surface area (Å²) in [5.41, 5.74) is 0. The first-order valence-corrected chi connectivity index (χ1v) is 3.58. The molecule has 1 N–H and O–H groups in total. The van der Waals surface area contributed by atoms with Gasteiger partial charge >= 0.3 is 0 Å². The van der Waals surface area contributed by atoms with E-state index in [9.17, 15) is 8.42 Å².